The first-order valence-corrected chi connectivity index (χ1v) is 46.0. The number of carbonyl (C=O) groups is 12. The van der Waals surface area contributed by atoms with Gasteiger partial charge in [0.25, 0.3) is 0 Å². The maximum Gasteiger partial charge on any atom is 0.245 e. The summed E-state index contributed by atoms with van der Waals surface area (Å²) in [6.07, 6.45) is 18.7. The number of benzene rings is 2. The number of H-pyrrole nitrogens is 2. The van der Waals surface area contributed by atoms with Gasteiger partial charge in [-0.2, -0.15) is 0 Å². The van der Waals surface area contributed by atoms with Crippen LogP contribution in [0.3, 0.4) is 0 Å². The Bertz CT molecular complexity index is 4100. The lowest BCUT2D eigenvalue weighted by atomic mass is 10.0. The number of guanidine groups is 1. The fourth-order valence-corrected chi connectivity index (χ4v) is 14.7. The van der Waals surface area contributed by atoms with Gasteiger partial charge >= 0.3 is 0 Å². The van der Waals surface area contributed by atoms with Crippen LogP contribution in [0, 0.1) is 5.92 Å². The molecule has 1 aliphatic heterocycles. The van der Waals surface area contributed by atoms with Crippen LogP contribution in [0.2, 0.25) is 0 Å². The minimum Gasteiger partial charge on any atom is -0.394 e. The van der Waals surface area contributed by atoms with Crippen molar-refractivity contribution in [2.75, 3.05) is 51.9 Å². The quantitative estimate of drug-likeness (QED) is 0.0105. The van der Waals surface area contributed by atoms with E-state index >= 15 is 0 Å². The molecule has 28 N–H and O–H groups in total. The minimum absolute atomic E-state index is 0.00670. The fourth-order valence-electron chi connectivity index (χ4n) is 14.0. The Morgan fingerprint density at radius 2 is 1.22 bits per heavy atom. The number of likely N-dealkylation sites (N-methyl/N-ethyl adjacent to an activating group) is 1. The first-order chi connectivity index (χ1) is 60.2. The normalized spacial score (nSPS) is 19.9. The summed E-state index contributed by atoms with van der Waals surface area (Å²) < 4.78 is 24.5. The Kier molecular flexibility index (Phi) is 51.8. The summed E-state index contributed by atoms with van der Waals surface area (Å²) in [7, 11) is -2.16. The van der Waals surface area contributed by atoms with E-state index in [4.69, 9.17) is 22.9 Å². The van der Waals surface area contributed by atoms with Gasteiger partial charge in [-0.25, -0.2) is 13.4 Å². The van der Waals surface area contributed by atoms with E-state index in [9.17, 15) is 91.5 Å². The molecule has 126 heavy (non-hydrogen) atoms. The number of nitrogens with one attached hydrogen (secondary N) is 15. The molecule has 706 valence electrons. The number of aliphatic hydroxyl groups excluding tert-OH is 5. The summed E-state index contributed by atoms with van der Waals surface area (Å²) in [4.78, 5) is 172. The first-order valence-electron chi connectivity index (χ1n) is 44.0. The van der Waals surface area contributed by atoms with Gasteiger partial charge in [-0.1, -0.05) is 159 Å². The molecule has 3 heterocycles. The molecular formula is C85H141N21O19S. The lowest BCUT2D eigenvalue weighted by Gasteiger charge is -2.30. The molecule has 14 atom stereocenters. The highest BCUT2D eigenvalue weighted by Crippen LogP contribution is 2.22. The van der Waals surface area contributed by atoms with Crippen molar-refractivity contribution in [3.63, 3.8) is 0 Å². The van der Waals surface area contributed by atoms with Gasteiger partial charge in [0, 0.05) is 87.5 Å². The van der Waals surface area contributed by atoms with Gasteiger partial charge in [-0.3, -0.25) is 78.5 Å². The number of aromatic amines is 2. The van der Waals surface area contributed by atoms with Crippen molar-refractivity contribution < 1.29 is 91.5 Å². The predicted molar refractivity (Wildman–Crippen MR) is 475 cm³/mol. The smallest absolute Gasteiger partial charge is 0.245 e. The van der Waals surface area contributed by atoms with Gasteiger partial charge in [0.1, 0.15) is 58.7 Å². The second-order valence-electron chi connectivity index (χ2n) is 32.1. The van der Waals surface area contributed by atoms with E-state index in [0.717, 1.165) is 48.4 Å². The van der Waals surface area contributed by atoms with Crippen LogP contribution < -0.4 is 92.1 Å². The molecule has 2 aromatic carbocycles. The summed E-state index contributed by atoms with van der Waals surface area (Å²) >= 11 is 0. The van der Waals surface area contributed by atoms with Crippen LogP contribution in [0.25, 0.3) is 10.9 Å². The number of aliphatic imine (C=N–C) groups is 1. The van der Waals surface area contributed by atoms with Crippen LogP contribution in [0.4, 0.5) is 0 Å². The molecule has 0 saturated carbocycles. The van der Waals surface area contributed by atoms with Crippen LogP contribution in [0.5, 0.6) is 0 Å². The van der Waals surface area contributed by atoms with Gasteiger partial charge < -0.3 is 112 Å². The zero-order valence-electron chi connectivity index (χ0n) is 73.5. The SMILES string of the molecule is CCCCCCCCCCCCCCCC(=O)NCC(=O)N[C@@H](CO)C(=O)N[C@@H](CCC(N)=O)[C@H](O)N[C@@H](Cc1cnc[nH]1)C(=O)N[C@@H](CO)C(=O)N[C@@H](CCCC)C(=O)NC.C[C@H]1CCC(=O)NCCCC[C@@H](C(N)=O)N[C@@H](O)[C@H](Cc2c[nH]c3ccccc23)NC(=O)[C@H](CCCN=C(N)N)NC(=O)[C@@H](Cc2ccccc2)NC(=O)[C@H](CCS(C)(=O)=O)N[C@H]1O. The minimum atomic E-state index is -3.58. The Hall–Kier alpha value is -10.3. The topological polar surface area (TPSA) is 657 Å². The second kappa shape index (κ2) is 60.4. The zero-order valence-corrected chi connectivity index (χ0v) is 74.3. The molecule has 4 aromatic rings. The molecule has 12 amide bonds. The molecular weight excluding hydrogens is 1650 g/mol. The first kappa shape index (κ1) is 108. The summed E-state index contributed by atoms with van der Waals surface area (Å²) in [5, 5.41) is 89.4. The van der Waals surface area contributed by atoms with Crippen molar-refractivity contribution in [2.24, 2.45) is 33.8 Å². The molecule has 0 spiro atoms. The van der Waals surface area contributed by atoms with E-state index in [2.05, 4.69) is 96.0 Å². The van der Waals surface area contributed by atoms with Gasteiger partial charge in [0.2, 0.25) is 70.9 Å². The number of imidazole rings is 1. The van der Waals surface area contributed by atoms with E-state index in [1.165, 1.54) is 77.4 Å². The standard InChI is InChI=1S/C43H65N11O9S.C42H76N10O10/c1-26-17-18-36(55)47-20-9-8-15-31(37(44)56)50-42(61)35(24-28-25-49-30-14-7-6-13-29(28)30)54-39(58)32(16-10-21-48-43(45)46)52-41(60)34(23-27-11-4-3-5-12-27)53-40(59)33(51-38(26)57)19-22-64(2,62)63;1-4-6-8-9-10-11-12-13-14-15-16-17-18-20-36(56)46-25-37(57)48-33(26-53)41(61)50-31(21-22-35(43)55)39(59)51-32(23-29-24-45-28-47-29)40(60)52-34(27-54)42(62)49-30(19-7-5-2)38(58)44-3/h3-7,11-14,25-26,31-35,38,42,49-51,57,61H,8-10,15-24H2,1-2H3,(H2,44,56)(H,47,55)(H,52,60)(H,53,59)(H,54,58)(H4,45,46,48);24,28,30-34,39,51,53-54,59H,4-23,25-27H2,1-3H3,(H2,43,55)(H,44,58)(H,45,47)(H,46,56)(H,48,57)(H,49,62)(H,50,61)(H,52,60)/t26-,31-,32-,33-,34+,35-,38-,42-;30-,31-,32-,33-,34-,39-/m00/s1. The number of hydrogen-bond acceptors (Lipinski definition) is 24. The Morgan fingerprint density at radius 1 is 0.619 bits per heavy atom. The molecule has 0 bridgehead atoms. The number of aromatic nitrogens is 3. The van der Waals surface area contributed by atoms with Crippen molar-refractivity contribution in [2.45, 2.75) is 292 Å². The molecule has 1 saturated heterocycles. The fraction of sp³-hybridized carbons (Fsp3) is 0.647. The number of fused-ring (bicyclic) bond motifs is 1. The molecule has 40 nitrogen and oxygen atoms in total. The number of sulfone groups is 1. The van der Waals surface area contributed by atoms with Crippen LogP contribution in [-0.2, 0) is 86.6 Å². The zero-order chi connectivity index (χ0) is 92.9. The Balaban J connectivity index is 0.000000529. The summed E-state index contributed by atoms with van der Waals surface area (Å²) in [6.45, 7) is 4.05. The summed E-state index contributed by atoms with van der Waals surface area (Å²) in [5.74, 6) is -9.40. The lowest BCUT2D eigenvalue weighted by Crippen LogP contribution is -2.61. The van der Waals surface area contributed by atoms with E-state index in [1.807, 2.05) is 31.2 Å². The third-order valence-electron chi connectivity index (χ3n) is 21.5. The molecule has 41 heteroatoms. The monoisotopic (exact) mass is 1790 g/mol. The number of nitrogens with zero attached hydrogens (tertiary/aromatic N) is 2. The third kappa shape index (κ3) is 43.8. The van der Waals surface area contributed by atoms with Crippen molar-refractivity contribution in [3.8, 4) is 0 Å². The summed E-state index contributed by atoms with van der Waals surface area (Å²) in [5.41, 5.74) is 24.8. The number of aliphatic hydroxyl groups is 5. The van der Waals surface area contributed by atoms with Gasteiger partial charge in [-0.15, -0.1) is 0 Å². The van der Waals surface area contributed by atoms with Crippen molar-refractivity contribution in [3.05, 3.63) is 90.1 Å². The Labute approximate surface area is 738 Å². The van der Waals surface area contributed by atoms with Crippen molar-refractivity contribution in [1.82, 2.24) is 84.1 Å². The largest absolute Gasteiger partial charge is 0.394 e. The molecule has 0 aliphatic carbocycles. The van der Waals surface area contributed by atoms with Crippen molar-refractivity contribution >= 4 is 97.6 Å². The third-order valence-corrected chi connectivity index (χ3v) is 22.5. The van der Waals surface area contributed by atoms with E-state index in [-0.39, 0.29) is 108 Å². The molecule has 0 unspecified atom stereocenters. The number of nitrogens with two attached hydrogens (primary N) is 4. The molecule has 1 fully saturated rings. The molecule has 2 aromatic heterocycles. The van der Waals surface area contributed by atoms with E-state index in [0.29, 0.717) is 43.4 Å². The van der Waals surface area contributed by atoms with Crippen LogP contribution >= 0.6 is 0 Å². The Morgan fingerprint density at radius 3 is 1.84 bits per heavy atom. The molecule has 0 radical (unpaired) electrons. The van der Waals surface area contributed by atoms with Gasteiger partial charge in [0.15, 0.2) is 5.96 Å². The maximum absolute atomic E-state index is 14.4. The number of rotatable bonds is 49. The van der Waals surface area contributed by atoms with E-state index in [1.54, 1.807) is 43.5 Å². The number of carbonyl (C=O) groups excluding carboxylic acids is 12. The number of hydrogen-bond donors (Lipinski definition) is 24. The van der Waals surface area contributed by atoms with Crippen molar-refractivity contribution in [1.29, 1.82) is 0 Å². The highest BCUT2D eigenvalue weighted by atomic mass is 32.2. The summed E-state index contributed by atoms with van der Waals surface area (Å²) in [6, 6.07) is 3.63. The maximum atomic E-state index is 14.4. The number of primary amides is 2. The number of para-hydroxylation sites is 1. The lowest BCUT2D eigenvalue weighted by molar-refractivity contribution is -0.134. The average Bonchev–Trinajstić information content (AvgIpc) is 1.66. The average molecular weight is 1790 g/mol. The van der Waals surface area contributed by atoms with Gasteiger partial charge in [-0.05, 0) is 93.7 Å². The molecule has 1 aliphatic rings. The highest BCUT2D eigenvalue weighted by Gasteiger charge is 2.37. The van der Waals surface area contributed by atoms with E-state index < -0.39 is 179 Å². The molecule has 5 rings (SSSR count). The number of amides is 12. The van der Waals surface area contributed by atoms with Gasteiger partial charge in [0.05, 0.1) is 62.0 Å². The predicted octanol–water partition coefficient (Wildman–Crippen LogP) is -1.40. The number of unbranched alkanes of at least 4 members (excludes halogenated alkanes) is 13. The van der Waals surface area contributed by atoms with Crippen LogP contribution in [0.1, 0.15) is 211 Å². The highest BCUT2D eigenvalue weighted by molar-refractivity contribution is 7.90. The van der Waals surface area contributed by atoms with Crippen LogP contribution in [0.15, 0.2) is 78.3 Å². The second-order valence-corrected chi connectivity index (χ2v) is 34.4. The van der Waals surface area contributed by atoms with Crippen LogP contribution in [-0.4, -0.2) is 257 Å².